The van der Waals surface area contributed by atoms with Crippen molar-refractivity contribution in [1.82, 2.24) is 21.2 Å². The maximum Gasteiger partial charge on any atom is 0.319 e. The molecule has 134 valence electrons. The smallest absolute Gasteiger partial charge is 0.319 e. The molecule has 0 bridgehead atoms. The maximum absolute atomic E-state index is 12.2. The lowest BCUT2D eigenvalue weighted by molar-refractivity contribution is 0.246. The molecule has 2 atom stereocenters. The van der Waals surface area contributed by atoms with Crippen LogP contribution in [0.25, 0.3) is 22.6 Å². The van der Waals surface area contributed by atoms with Gasteiger partial charge >= 0.3 is 6.03 Å². The van der Waals surface area contributed by atoms with Gasteiger partial charge in [0.05, 0.1) is 6.04 Å². The number of anilines is 1. The quantitative estimate of drug-likeness (QED) is 0.582. The lowest BCUT2D eigenvalue weighted by Crippen LogP contribution is -2.47. The molecule has 7 nitrogen and oxygen atoms in total. The van der Waals surface area contributed by atoms with Gasteiger partial charge in [0.15, 0.2) is 5.58 Å². The molecule has 2 amide bonds. The van der Waals surface area contributed by atoms with E-state index in [0.717, 1.165) is 16.7 Å². The van der Waals surface area contributed by atoms with Crippen LogP contribution >= 0.6 is 0 Å². The van der Waals surface area contributed by atoms with Gasteiger partial charge in [0, 0.05) is 23.3 Å². The van der Waals surface area contributed by atoms with E-state index in [-0.39, 0.29) is 24.2 Å². The van der Waals surface area contributed by atoms with Crippen molar-refractivity contribution in [3.8, 4) is 11.5 Å². The SMILES string of the molecule is CC1NNC(C)C1NC(=O)Nc1ccc(-c2nc3ccccc3o2)cc1. The van der Waals surface area contributed by atoms with Crippen LogP contribution in [0.2, 0.25) is 0 Å². The van der Waals surface area contributed by atoms with Gasteiger partial charge in [0.2, 0.25) is 5.89 Å². The summed E-state index contributed by atoms with van der Waals surface area (Å²) in [6.45, 7) is 4.05. The van der Waals surface area contributed by atoms with E-state index in [1.54, 1.807) is 0 Å². The molecule has 1 aliphatic heterocycles. The molecule has 0 radical (unpaired) electrons. The summed E-state index contributed by atoms with van der Waals surface area (Å²) < 4.78 is 5.76. The zero-order chi connectivity index (χ0) is 18.1. The van der Waals surface area contributed by atoms with Gasteiger partial charge in [-0.25, -0.2) is 9.78 Å². The van der Waals surface area contributed by atoms with Crippen molar-refractivity contribution in [1.29, 1.82) is 0 Å². The Bertz CT molecular complexity index is 878. The molecule has 0 spiro atoms. The molecule has 2 aromatic carbocycles. The van der Waals surface area contributed by atoms with Crippen LogP contribution in [0, 0.1) is 0 Å². The molecule has 2 heterocycles. The molecule has 1 aliphatic rings. The predicted octanol–water partition coefficient (Wildman–Crippen LogP) is 2.87. The second-order valence-corrected chi connectivity index (χ2v) is 6.55. The minimum absolute atomic E-state index is 0.0222. The van der Waals surface area contributed by atoms with E-state index in [1.165, 1.54) is 0 Å². The highest BCUT2D eigenvalue weighted by atomic mass is 16.3. The van der Waals surface area contributed by atoms with Crippen molar-refractivity contribution >= 4 is 22.8 Å². The Labute approximate surface area is 151 Å². The number of rotatable bonds is 3. The minimum Gasteiger partial charge on any atom is -0.436 e. The van der Waals surface area contributed by atoms with E-state index in [9.17, 15) is 4.79 Å². The highest BCUT2D eigenvalue weighted by Gasteiger charge is 2.30. The number of hydrogen-bond donors (Lipinski definition) is 4. The lowest BCUT2D eigenvalue weighted by atomic mass is 10.1. The molecule has 4 N–H and O–H groups in total. The molecule has 1 fully saturated rings. The summed E-state index contributed by atoms with van der Waals surface area (Å²) in [5, 5.41) is 5.84. The fraction of sp³-hybridized carbons (Fsp3) is 0.263. The van der Waals surface area contributed by atoms with Crippen LogP contribution in [0.4, 0.5) is 10.5 Å². The summed E-state index contributed by atoms with van der Waals surface area (Å²) in [5.41, 5.74) is 9.38. The molecule has 26 heavy (non-hydrogen) atoms. The Morgan fingerprint density at radius 3 is 2.42 bits per heavy atom. The first-order chi connectivity index (χ1) is 12.6. The van der Waals surface area contributed by atoms with E-state index in [1.807, 2.05) is 62.4 Å². The number of oxazole rings is 1. The number of nitrogens with one attached hydrogen (secondary N) is 4. The Morgan fingerprint density at radius 1 is 1.04 bits per heavy atom. The van der Waals surface area contributed by atoms with Gasteiger partial charge in [-0.15, -0.1) is 0 Å². The van der Waals surface area contributed by atoms with Crippen molar-refractivity contribution in [3.63, 3.8) is 0 Å². The van der Waals surface area contributed by atoms with Gasteiger partial charge in [0.25, 0.3) is 0 Å². The van der Waals surface area contributed by atoms with Crippen LogP contribution in [0.1, 0.15) is 13.8 Å². The van der Waals surface area contributed by atoms with Crippen LogP contribution in [0.3, 0.4) is 0 Å². The Hall–Kier alpha value is -2.90. The van der Waals surface area contributed by atoms with Gasteiger partial charge in [-0.1, -0.05) is 12.1 Å². The van der Waals surface area contributed by atoms with Gasteiger partial charge in [-0.3, -0.25) is 10.9 Å². The molecule has 0 aliphatic carbocycles. The highest BCUT2D eigenvalue weighted by molar-refractivity contribution is 5.90. The number of urea groups is 1. The van der Waals surface area contributed by atoms with Crippen molar-refractivity contribution < 1.29 is 9.21 Å². The van der Waals surface area contributed by atoms with Gasteiger partial charge < -0.3 is 15.1 Å². The van der Waals surface area contributed by atoms with E-state index in [4.69, 9.17) is 4.42 Å². The number of hydrogen-bond acceptors (Lipinski definition) is 5. The Kier molecular flexibility index (Phi) is 4.32. The largest absolute Gasteiger partial charge is 0.436 e. The summed E-state index contributed by atoms with van der Waals surface area (Å²) >= 11 is 0. The second kappa shape index (κ2) is 6.78. The fourth-order valence-corrected chi connectivity index (χ4v) is 3.14. The molecule has 7 heteroatoms. The van der Waals surface area contributed by atoms with Crippen LogP contribution < -0.4 is 21.5 Å². The maximum atomic E-state index is 12.2. The van der Waals surface area contributed by atoms with Gasteiger partial charge in [0.1, 0.15) is 5.52 Å². The fourth-order valence-electron chi connectivity index (χ4n) is 3.14. The highest BCUT2D eigenvalue weighted by Crippen LogP contribution is 2.25. The number of carbonyl (C=O) groups excluding carboxylic acids is 1. The Morgan fingerprint density at radius 2 is 1.73 bits per heavy atom. The van der Waals surface area contributed by atoms with Crippen molar-refractivity contribution in [2.45, 2.75) is 32.0 Å². The van der Waals surface area contributed by atoms with Crippen molar-refractivity contribution in [2.24, 2.45) is 0 Å². The molecule has 1 aromatic heterocycles. The normalized spacial score (nSPS) is 22.5. The first kappa shape index (κ1) is 16.6. The molecule has 2 unspecified atom stereocenters. The van der Waals surface area contributed by atoms with Gasteiger partial charge in [-0.2, -0.15) is 0 Å². The molecular weight excluding hydrogens is 330 g/mol. The summed E-state index contributed by atoms with van der Waals surface area (Å²) in [6.07, 6.45) is 0. The number of para-hydroxylation sites is 2. The number of benzene rings is 2. The number of hydrazine groups is 1. The lowest BCUT2D eigenvalue weighted by Gasteiger charge is -2.20. The zero-order valence-corrected chi connectivity index (χ0v) is 14.6. The standard InChI is InChI=1S/C19H21N5O2/c1-11-17(12(2)24-23-11)22-19(25)20-14-9-7-13(8-10-14)18-21-15-5-3-4-6-16(15)26-18/h3-12,17,23-24H,1-2H3,(H2,20,22,25). The third kappa shape index (κ3) is 3.26. The summed E-state index contributed by atoms with van der Waals surface area (Å²) in [7, 11) is 0. The van der Waals surface area contributed by atoms with Crippen molar-refractivity contribution in [3.05, 3.63) is 48.5 Å². The molecule has 4 rings (SSSR count). The average Bonchev–Trinajstić information content (AvgIpc) is 3.21. The zero-order valence-electron chi connectivity index (χ0n) is 14.6. The average molecular weight is 351 g/mol. The number of aromatic nitrogens is 1. The first-order valence-electron chi connectivity index (χ1n) is 8.65. The number of fused-ring (bicyclic) bond motifs is 1. The summed E-state index contributed by atoms with van der Waals surface area (Å²) in [4.78, 5) is 16.7. The summed E-state index contributed by atoms with van der Waals surface area (Å²) in [6, 6.07) is 15.2. The summed E-state index contributed by atoms with van der Waals surface area (Å²) in [5.74, 6) is 0.563. The van der Waals surface area contributed by atoms with Gasteiger partial charge in [-0.05, 0) is 50.2 Å². The number of carbonyl (C=O) groups is 1. The molecule has 3 aromatic rings. The van der Waals surface area contributed by atoms with E-state index < -0.39 is 0 Å². The predicted molar refractivity (Wildman–Crippen MR) is 101 cm³/mol. The molecular formula is C19H21N5O2. The molecule has 0 saturated carbocycles. The van der Waals surface area contributed by atoms with E-state index in [0.29, 0.717) is 11.6 Å². The third-order valence-electron chi connectivity index (χ3n) is 4.60. The number of nitrogens with zero attached hydrogens (tertiary/aromatic N) is 1. The topological polar surface area (TPSA) is 91.2 Å². The van der Waals surface area contributed by atoms with Crippen LogP contribution in [-0.4, -0.2) is 29.1 Å². The second-order valence-electron chi connectivity index (χ2n) is 6.55. The van der Waals surface area contributed by atoms with Crippen LogP contribution in [-0.2, 0) is 0 Å². The number of amides is 2. The minimum atomic E-state index is -0.228. The van der Waals surface area contributed by atoms with E-state index in [2.05, 4.69) is 26.5 Å². The monoisotopic (exact) mass is 351 g/mol. The van der Waals surface area contributed by atoms with Crippen LogP contribution in [0.5, 0.6) is 0 Å². The first-order valence-corrected chi connectivity index (χ1v) is 8.65. The van der Waals surface area contributed by atoms with E-state index >= 15 is 0 Å². The van der Waals surface area contributed by atoms with Crippen LogP contribution in [0.15, 0.2) is 52.9 Å². The molecule has 1 saturated heterocycles. The van der Waals surface area contributed by atoms with Crippen molar-refractivity contribution in [2.75, 3.05) is 5.32 Å². The third-order valence-corrected chi connectivity index (χ3v) is 4.60. The Balaban J connectivity index is 1.43.